The molecule has 134 valence electrons. The monoisotopic (exact) mass is 355 g/mol. The Balaban J connectivity index is 1.62. The molecular weight excluding hydrogens is 330 g/mol. The van der Waals surface area contributed by atoms with Crippen LogP contribution in [0.2, 0.25) is 0 Å². The van der Waals surface area contributed by atoms with Crippen LogP contribution in [-0.2, 0) is 10.1 Å². The van der Waals surface area contributed by atoms with Crippen LogP contribution in [-0.4, -0.2) is 29.1 Å². The van der Waals surface area contributed by atoms with Crippen molar-refractivity contribution in [1.82, 2.24) is 4.73 Å². The summed E-state index contributed by atoms with van der Waals surface area (Å²) in [5, 5.41) is 20.5. The predicted molar refractivity (Wildman–Crippen MR) is 90.7 cm³/mol. The van der Waals surface area contributed by atoms with Gasteiger partial charge in [0.05, 0.1) is 5.75 Å². The lowest BCUT2D eigenvalue weighted by atomic mass is 10.0. The minimum absolute atomic E-state index is 0.0296. The first-order valence-electron chi connectivity index (χ1n) is 8.72. The Kier molecular flexibility index (Phi) is 4.80. The highest BCUT2D eigenvalue weighted by molar-refractivity contribution is 7.86. The Labute approximate surface area is 142 Å². The lowest BCUT2D eigenvalue weighted by Crippen LogP contribution is -2.22. The number of unbranched alkanes of at least 4 members (excludes halogenated alkanes) is 5. The smallest absolute Gasteiger partial charge is 0.327 e. The Morgan fingerprint density at radius 2 is 1.58 bits per heavy atom. The molecule has 7 heteroatoms. The van der Waals surface area contributed by atoms with E-state index in [1.807, 2.05) is 12.2 Å². The van der Waals surface area contributed by atoms with Crippen molar-refractivity contribution in [3.05, 3.63) is 23.3 Å². The third-order valence-electron chi connectivity index (χ3n) is 4.92. The number of hydrogen-bond acceptors (Lipinski definition) is 5. The fourth-order valence-corrected chi connectivity index (χ4v) is 4.70. The van der Waals surface area contributed by atoms with E-state index < -0.39 is 10.1 Å². The number of fused-ring (bicyclic) bond motifs is 5. The Hall–Kier alpha value is -1.63. The quantitative estimate of drug-likeness (QED) is 0.525. The minimum atomic E-state index is -3.85. The van der Waals surface area contributed by atoms with Gasteiger partial charge in [0, 0.05) is 23.0 Å². The summed E-state index contributed by atoms with van der Waals surface area (Å²) < 4.78 is 29.9. The van der Waals surface area contributed by atoms with Crippen LogP contribution in [0.1, 0.15) is 74.8 Å². The molecular formula is C17H25NO5S. The Bertz CT molecular complexity index is 699. The summed E-state index contributed by atoms with van der Waals surface area (Å²) in [6.45, 7) is 2.13. The first-order valence-corrected chi connectivity index (χ1v) is 10.3. The highest BCUT2D eigenvalue weighted by Crippen LogP contribution is 2.56. The summed E-state index contributed by atoms with van der Waals surface area (Å²) in [4.78, 5) is 0. The Morgan fingerprint density at radius 1 is 1.04 bits per heavy atom. The average Bonchev–Trinajstić information content (AvgIpc) is 3.21. The van der Waals surface area contributed by atoms with Gasteiger partial charge in [-0.05, 0) is 12.8 Å². The van der Waals surface area contributed by atoms with E-state index in [9.17, 15) is 18.6 Å². The molecule has 0 spiro atoms. The molecule has 2 aliphatic rings. The second-order valence-electron chi connectivity index (χ2n) is 6.71. The number of nitrogens with zero attached hydrogens (tertiary/aromatic N) is 1. The number of aromatic hydroxyl groups is 2. The lowest BCUT2D eigenvalue weighted by molar-refractivity contribution is 0.200. The van der Waals surface area contributed by atoms with Gasteiger partial charge in [-0.15, -0.1) is 0 Å². The molecule has 1 heterocycles. The van der Waals surface area contributed by atoms with Crippen LogP contribution in [0.3, 0.4) is 0 Å². The summed E-state index contributed by atoms with van der Waals surface area (Å²) >= 11 is 0. The summed E-state index contributed by atoms with van der Waals surface area (Å²) in [6.07, 6.45) is 10.5. The fourth-order valence-electron chi connectivity index (χ4n) is 3.70. The van der Waals surface area contributed by atoms with Crippen LogP contribution >= 0.6 is 0 Å². The van der Waals surface area contributed by atoms with E-state index in [1.54, 1.807) is 0 Å². The van der Waals surface area contributed by atoms with Gasteiger partial charge in [-0.2, -0.15) is 8.42 Å². The molecule has 24 heavy (non-hydrogen) atoms. The van der Waals surface area contributed by atoms with Gasteiger partial charge in [-0.25, -0.2) is 0 Å². The molecule has 0 amide bonds. The molecule has 0 aromatic carbocycles. The van der Waals surface area contributed by atoms with Crippen molar-refractivity contribution in [2.45, 2.75) is 63.7 Å². The van der Waals surface area contributed by atoms with Gasteiger partial charge >= 0.3 is 10.1 Å². The van der Waals surface area contributed by atoms with Gasteiger partial charge in [-0.1, -0.05) is 55.9 Å². The number of rotatable bonds is 9. The molecule has 2 atom stereocenters. The van der Waals surface area contributed by atoms with Gasteiger partial charge in [0.25, 0.3) is 0 Å². The molecule has 0 radical (unpaired) electrons. The number of allylic oxidation sites excluding steroid dienone is 2. The van der Waals surface area contributed by atoms with Crippen molar-refractivity contribution < 1.29 is 22.9 Å². The summed E-state index contributed by atoms with van der Waals surface area (Å²) in [5.41, 5.74) is 1.18. The van der Waals surface area contributed by atoms with Crippen molar-refractivity contribution in [1.29, 1.82) is 0 Å². The normalized spacial score (nSPS) is 21.4. The van der Waals surface area contributed by atoms with E-state index in [2.05, 4.69) is 6.92 Å². The van der Waals surface area contributed by atoms with E-state index in [0.29, 0.717) is 22.3 Å². The molecule has 0 saturated heterocycles. The van der Waals surface area contributed by atoms with Crippen molar-refractivity contribution >= 4 is 10.1 Å². The maximum atomic E-state index is 12.1. The molecule has 2 bridgehead atoms. The zero-order chi connectivity index (χ0) is 17.3. The van der Waals surface area contributed by atoms with E-state index in [1.165, 1.54) is 0 Å². The number of hydrogen-bond donors (Lipinski definition) is 2. The highest BCUT2D eigenvalue weighted by atomic mass is 32.2. The third kappa shape index (κ3) is 3.14. The average molecular weight is 355 g/mol. The summed E-state index contributed by atoms with van der Waals surface area (Å²) in [6, 6.07) is 0. The summed E-state index contributed by atoms with van der Waals surface area (Å²) in [7, 11) is -3.85. The molecule has 0 fully saturated rings. The third-order valence-corrected chi connectivity index (χ3v) is 6.08. The van der Waals surface area contributed by atoms with E-state index in [0.717, 1.165) is 38.5 Å². The maximum Gasteiger partial charge on any atom is 0.327 e. The lowest BCUT2D eigenvalue weighted by Gasteiger charge is -2.10. The van der Waals surface area contributed by atoms with Gasteiger partial charge in [0.2, 0.25) is 11.8 Å². The standard InChI is InChI=1S/C17H25NO5S/c1-2-3-4-5-6-7-10-24(21,22)23-18-16(19)14-12-8-9-13(11-12)15(14)17(18)20/h8-9,12-13,19-20H,2-7,10-11H2,1H3. The van der Waals surface area contributed by atoms with E-state index >= 15 is 0 Å². The van der Waals surface area contributed by atoms with Crippen LogP contribution in [0.4, 0.5) is 0 Å². The van der Waals surface area contributed by atoms with Gasteiger partial charge in [0.15, 0.2) is 0 Å². The molecule has 1 aromatic heterocycles. The fraction of sp³-hybridized carbons (Fsp3) is 0.647. The SMILES string of the molecule is CCCCCCCCS(=O)(=O)On1c(O)c2c(c1O)C1C=CC2C1. The molecule has 6 nitrogen and oxygen atoms in total. The van der Waals surface area contributed by atoms with Crippen LogP contribution in [0.5, 0.6) is 11.8 Å². The zero-order valence-corrected chi connectivity index (χ0v) is 14.8. The second kappa shape index (κ2) is 6.70. The maximum absolute atomic E-state index is 12.1. The molecule has 3 rings (SSSR count). The molecule has 2 aliphatic carbocycles. The van der Waals surface area contributed by atoms with Gasteiger partial charge in [0.1, 0.15) is 0 Å². The largest absolute Gasteiger partial charge is 0.492 e. The zero-order valence-electron chi connectivity index (χ0n) is 13.9. The van der Waals surface area contributed by atoms with Crippen molar-refractivity contribution in [3.63, 3.8) is 0 Å². The van der Waals surface area contributed by atoms with Crippen LogP contribution < -0.4 is 4.28 Å². The van der Waals surface area contributed by atoms with Crippen LogP contribution in [0.25, 0.3) is 0 Å². The molecule has 2 unspecified atom stereocenters. The molecule has 0 saturated carbocycles. The topological polar surface area (TPSA) is 88.8 Å². The van der Waals surface area contributed by atoms with Gasteiger partial charge in [-0.3, -0.25) is 4.28 Å². The van der Waals surface area contributed by atoms with E-state index in [-0.39, 0.29) is 29.3 Å². The van der Waals surface area contributed by atoms with Crippen LogP contribution in [0, 0.1) is 0 Å². The highest BCUT2D eigenvalue weighted by Gasteiger charge is 2.42. The molecule has 2 N–H and O–H groups in total. The second-order valence-corrected chi connectivity index (χ2v) is 8.38. The predicted octanol–water partition coefficient (Wildman–Crippen LogP) is 3.16. The first kappa shape index (κ1) is 17.2. The number of aromatic nitrogens is 1. The van der Waals surface area contributed by atoms with Crippen molar-refractivity contribution in [2.24, 2.45) is 0 Å². The minimum Gasteiger partial charge on any atom is -0.492 e. The summed E-state index contributed by atoms with van der Waals surface area (Å²) in [5.74, 6) is -0.660. The van der Waals surface area contributed by atoms with Crippen molar-refractivity contribution in [2.75, 3.05) is 5.75 Å². The first-order chi connectivity index (χ1) is 11.4. The van der Waals surface area contributed by atoms with Crippen molar-refractivity contribution in [3.8, 4) is 11.8 Å². The Morgan fingerprint density at radius 3 is 2.17 bits per heavy atom. The van der Waals surface area contributed by atoms with E-state index in [4.69, 9.17) is 4.28 Å². The van der Waals surface area contributed by atoms with Gasteiger partial charge < -0.3 is 10.2 Å². The molecule has 0 aliphatic heterocycles. The van der Waals surface area contributed by atoms with Crippen LogP contribution in [0.15, 0.2) is 12.2 Å². The molecule has 1 aromatic rings.